The molecule has 1 aliphatic heterocycles. The number of anilines is 1. The van der Waals surface area contributed by atoms with Crippen LogP contribution in [-0.4, -0.2) is 29.2 Å². The van der Waals surface area contributed by atoms with Gasteiger partial charge >= 0.3 is 0 Å². The van der Waals surface area contributed by atoms with Crippen LogP contribution in [0.2, 0.25) is 5.02 Å². The molecule has 2 rings (SSSR count). The number of rotatable bonds is 3. The molecule has 1 fully saturated rings. The maximum absolute atomic E-state index is 9.57. The molecule has 18 heavy (non-hydrogen) atoms. The van der Waals surface area contributed by atoms with Gasteiger partial charge in [0.1, 0.15) is 0 Å². The topological polar surface area (TPSA) is 49.5 Å². The molecule has 0 amide bonds. The molecule has 0 aliphatic carbocycles. The van der Waals surface area contributed by atoms with Crippen LogP contribution in [0.25, 0.3) is 0 Å². The van der Waals surface area contributed by atoms with Crippen molar-refractivity contribution in [3.63, 3.8) is 0 Å². The molecular formula is C14H21ClN2O. The number of likely N-dealkylation sites (tertiary alicyclic amines) is 1. The van der Waals surface area contributed by atoms with Crippen molar-refractivity contribution in [2.75, 3.05) is 18.8 Å². The molecule has 3 N–H and O–H groups in total. The van der Waals surface area contributed by atoms with Gasteiger partial charge in [-0.25, -0.2) is 0 Å². The van der Waals surface area contributed by atoms with Crippen LogP contribution in [0, 0.1) is 5.92 Å². The van der Waals surface area contributed by atoms with Crippen LogP contribution in [0.15, 0.2) is 18.2 Å². The number of piperidine rings is 1. The van der Waals surface area contributed by atoms with E-state index in [9.17, 15) is 5.11 Å². The number of benzene rings is 1. The van der Waals surface area contributed by atoms with Crippen LogP contribution in [0.3, 0.4) is 0 Å². The van der Waals surface area contributed by atoms with Crippen molar-refractivity contribution in [3.05, 3.63) is 28.8 Å². The lowest BCUT2D eigenvalue weighted by atomic mass is 9.92. The summed E-state index contributed by atoms with van der Waals surface area (Å²) >= 11 is 6.18. The Morgan fingerprint density at radius 2 is 2.11 bits per heavy atom. The summed E-state index contributed by atoms with van der Waals surface area (Å²) in [7, 11) is 0. The maximum Gasteiger partial charge on any atom is 0.0541 e. The first-order chi connectivity index (χ1) is 8.56. The number of aliphatic hydroxyl groups is 1. The van der Waals surface area contributed by atoms with Crippen LogP contribution in [-0.2, 0) is 6.54 Å². The Bertz CT molecular complexity index is 401. The second-order valence-corrected chi connectivity index (χ2v) is 5.61. The van der Waals surface area contributed by atoms with Crippen LogP contribution >= 0.6 is 11.6 Å². The molecule has 4 heteroatoms. The molecule has 0 radical (unpaired) electrons. The highest BCUT2D eigenvalue weighted by Gasteiger charge is 2.22. The standard InChI is InChI=1S/C14H21ClN2O/c1-10(18)11-4-6-17(7-5-11)9-12-2-3-13(16)8-14(12)15/h2-3,8,10-11,18H,4-7,9,16H2,1H3. The van der Waals surface area contributed by atoms with E-state index in [-0.39, 0.29) is 6.10 Å². The zero-order valence-electron chi connectivity index (χ0n) is 10.8. The number of halogens is 1. The summed E-state index contributed by atoms with van der Waals surface area (Å²) in [4.78, 5) is 2.39. The fourth-order valence-electron chi connectivity index (χ4n) is 2.53. The molecule has 100 valence electrons. The third kappa shape index (κ3) is 3.37. The van der Waals surface area contributed by atoms with Crippen LogP contribution in [0.1, 0.15) is 25.3 Å². The molecule has 1 atom stereocenters. The van der Waals surface area contributed by atoms with E-state index in [1.165, 1.54) is 0 Å². The number of nitrogens with zero attached hydrogens (tertiary/aromatic N) is 1. The number of nitrogen functional groups attached to an aromatic ring is 1. The van der Waals surface area contributed by atoms with Crippen molar-refractivity contribution in [2.24, 2.45) is 5.92 Å². The van der Waals surface area contributed by atoms with Gasteiger partial charge in [0, 0.05) is 17.3 Å². The van der Waals surface area contributed by atoms with Crippen molar-refractivity contribution in [1.82, 2.24) is 4.90 Å². The molecule has 0 saturated carbocycles. The summed E-state index contributed by atoms with van der Waals surface area (Å²) in [6, 6.07) is 5.70. The van der Waals surface area contributed by atoms with Gasteiger partial charge in [0.05, 0.1) is 6.10 Å². The van der Waals surface area contributed by atoms with Crippen molar-refractivity contribution >= 4 is 17.3 Å². The third-order valence-corrected chi connectivity index (χ3v) is 4.14. The average molecular weight is 269 g/mol. The van der Waals surface area contributed by atoms with Crippen LogP contribution in [0.5, 0.6) is 0 Å². The maximum atomic E-state index is 9.57. The number of hydrogen-bond donors (Lipinski definition) is 2. The van der Waals surface area contributed by atoms with Gasteiger partial charge in [-0.3, -0.25) is 4.90 Å². The summed E-state index contributed by atoms with van der Waals surface area (Å²) in [5.41, 5.74) is 7.52. The summed E-state index contributed by atoms with van der Waals surface area (Å²) in [5.74, 6) is 0.447. The Morgan fingerprint density at radius 3 is 2.67 bits per heavy atom. The summed E-state index contributed by atoms with van der Waals surface area (Å²) in [5, 5.41) is 10.3. The van der Waals surface area contributed by atoms with E-state index in [4.69, 9.17) is 17.3 Å². The first-order valence-electron chi connectivity index (χ1n) is 6.50. The summed E-state index contributed by atoms with van der Waals surface area (Å²) < 4.78 is 0. The van der Waals surface area contributed by atoms with Gasteiger partial charge in [-0.15, -0.1) is 0 Å². The van der Waals surface area contributed by atoms with Gasteiger partial charge in [-0.2, -0.15) is 0 Å². The van der Waals surface area contributed by atoms with Gasteiger partial charge in [-0.1, -0.05) is 17.7 Å². The number of nitrogens with two attached hydrogens (primary N) is 1. The lowest BCUT2D eigenvalue weighted by Crippen LogP contribution is -2.36. The molecule has 1 unspecified atom stereocenters. The molecule has 1 aromatic carbocycles. The van der Waals surface area contributed by atoms with Gasteiger partial charge in [0.25, 0.3) is 0 Å². The minimum absolute atomic E-state index is 0.188. The first-order valence-corrected chi connectivity index (χ1v) is 6.88. The van der Waals surface area contributed by atoms with Gasteiger partial charge in [-0.05, 0) is 56.5 Å². The van der Waals surface area contributed by atoms with Gasteiger partial charge in [0.15, 0.2) is 0 Å². The fourth-order valence-corrected chi connectivity index (χ4v) is 2.77. The Hall–Kier alpha value is -0.770. The fraction of sp³-hybridized carbons (Fsp3) is 0.571. The lowest BCUT2D eigenvalue weighted by molar-refractivity contribution is 0.0695. The van der Waals surface area contributed by atoms with E-state index in [2.05, 4.69) is 4.90 Å². The highest BCUT2D eigenvalue weighted by atomic mass is 35.5. The zero-order valence-corrected chi connectivity index (χ0v) is 11.5. The Morgan fingerprint density at radius 1 is 1.44 bits per heavy atom. The van der Waals surface area contributed by atoms with E-state index < -0.39 is 0 Å². The minimum atomic E-state index is -0.188. The molecule has 1 heterocycles. The normalized spacial score (nSPS) is 19.9. The van der Waals surface area contributed by atoms with Gasteiger partial charge < -0.3 is 10.8 Å². The molecular weight excluding hydrogens is 248 g/mol. The smallest absolute Gasteiger partial charge is 0.0541 e. The molecule has 1 saturated heterocycles. The van der Waals surface area contributed by atoms with Gasteiger partial charge in [0.2, 0.25) is 0 Å². The van der Waals surface area contributed by atoms with Crippen molar-refractivity contribution in [3.8, 4) is 0 Å². The second-order valence-electron chi connectivity index (χ2n) is 5.21. The molecule has 0 spiro atoms. The van der Waals surface area contributed by atoms with E-state index in [1.807, 2.05) is 19.1 Å². The zero-order chi connectivity index (χ0) is 13.1. The molecule has 0 bridgehead atoms. The monoisotopic (exact) mass is 268 g/mol. The Labute approximate surface area is 114 Å². The summed E-state index contributed by atoms with van der Waals surface area (Å²) in [6.07, 6.45) is 1.93. The first kappa shape index (κ1) is 13.7. The second kappa shape index (κ2) is 5.91. The van der Waals surface area contributed by atoms with Crippen LogP contribution < -0.4 is 5.73 Å². The van der Waals surface area contributed by atoms with Crippen LogP contribution in [0.4, 0.5) is 5.69 Å². The highest BCUT2D eigenvalue weighted by molar-refractivity contribution is 6.31. The molecule has 0 aromatic heterocycles. The number of hydrogen-bond acceptors (Lipinski definition) is 3. The van der Waals surface area contributed by atoms with E-state index in [0.717, 1.165) is 43.1 Å². The Kier molecular flexibility index (Phi) is 4.49. The predicted octanol–water partition coefficient (Wildman–Crippen LogP) is 2.52. The van der Waals surface area contributed by atoms with Crippen molar-refractivity contribution in [1.29, 1.82) is 0 Å². The largest absolute Gasteiger partial charge is 0.399 e. The van der Waals surface area contributed by atoms with E-state index in [0.29, 0.717) is 11.6 Å². The Balaban J connectivity index is 1.91. The SMILES string of the molecule is CC(O)C1CCN(Cc2ccc(N)cc2Cl)CC1. The summed E-state index contributed by atoms with van der Waals surface area (Å²) in [6.45, 7) is 4.80. The average Bonchev–Trinajstić information content (AvgIpc) is 2.33. The molecule has 3 nitrogen and oxygen atoms in total. The number of aliphatic hydroxyl groups excluding tert-OH is 1. The van der Waals surface area contributed by atoms with E-state index in [1.54, 1.807) is 6.07 Å². The minimum Gasteiger partial charge on any atom is -0.399 e. The third-order valence-electron chi connectivity index (χ3n) is 3.79. The highest BCUT2D eigenvalue weighted by Crippen LogP contribution is 2.25. The quantitative estimate of drug-likeness (QED) is 0.829. The van der Waals surface area contributed by atoms with Crippen molar-refractivity contribution in [2.45, 2.75) is 32.4 Å². The molecule has 1 aliphatic rings. The van der Waals surface area contributed by atoms with E-state index >= 15 is 0 Å². The van der Waals surface area contributed by atoms with Crippen molar-refractivity contribution < 1.29 is 5.11 Å². The predicted molar refractivity (Wildman–Crippen MR) is 75.5 cm³/mol. The lowest BCUT2D eigenvalue weighted by Gasteiger charge is -2.33. The molecule has 1 aromatic rings.